The fraction of sp³-hybridized carbons (Fsp3) is 0. The van der Waals surface area contributed by atoms with Crippen molar-refractivity contribution < 1.29 is 4.42 Å². The molecule has 27 heavy (non-hydrogen) atoms. The molecule has 0 N–H and O–H groups in total. The smallest absolute Gasteiger partial charge is 0.164 e. The van der Waals surface area contributed by atoms with Gasteiger partial charge in [0.25, 0.3) is 0 Å². The molecule has 0 atom stereocenters. The van der Waals surface area contributed by atoms with Gasteiger partial charge in [-0.15, -0.1) is 44.0 Å². The number of hydrogen-bond donors (Lipinski definition) is 0. The maximum Gasteiger partial charge on any atom is 0.474 e. The zero-order chi connectivity index (χ0) is 19.5. The third kappa shape index (κ3) is 7.60. The summed E-state index contributed by atoms with van der Waals surface area (Å²) in [5, 5.41) is 6.06. The van der Waals surface area contributed by atoms with Gasteiger partial charge in [0, 0.05) is 0 Å². The van der Waals surface area contributed by atoms with E-state index >= 15 is 0 Å². The van der Waals surface area contributed by atoms with Gasteiger partial charge in [0.1, 0.15) is 0 Å². The summed E-state index contributed by atoms with van der Waals surface area (Å²) < 4.78 is 5.91. The molecule has 0 saturated carbocycles. The number of nitrogens with zero attached hydrogens (tertiary/aromatic N) is 2. The molecule has 0 aliphatic carbocycles. The first kappa shape index (κ1) is 22.1. The summed E-state index contributed by atoms with van der Waals surface area (Å²) in [6, 6.07) is 12.0. The van der Waals surface area contributed by atoms with Crippen LogP contribution in [-0.2, 0) is 0 Å². The van der Waals surface area contributed by atoms with E-state index in [0.717, 1.165) is 14.6 Å². The molecule has 0 fully saturated rings. The average molecular weight is 625 g/mol. The van der Waals surface area contributed by atoms with Crippen molar-refractivity contribution in [1.29, 1.82) is 0 Å². The van der Waals surface area contributed by atoms with Crippen LogP contribution in [0.5, 0.6) is 0 Å². The van der Waals surface area contributed by atoms with E-state index in [0.29, 0.717) is 17.6 Å². The molecule has 0 aromatic carbocycles. The fourth-order valence-electron chi connectivity index (χ4n) is 1.88. The molecule has 4 aromatic rings. The van der Waals surface area contributed by atoms with E-state index in [2.05, 4.69) is 9.97 Å². The Morgan fingerprint density at radius 3 is 1.37 bits per heavy atom. The molecule has 12 heteroatoms. The number of rotatable bonds is 3. The van der Waals surface area contributed by atoms with Crippen molar-refractivity contribution in [2.45, 2.75) is 0 Å². The fourth-order valence-corrected chi connectivity index (χ4v) is 3.84. The first-order valence-electron chi connectivity index (χ1n) is 7.18. The normalized spacial score (nSPS) is 12.7. The summed E-state index contributed by atoms with van der Waals surface area (Å²) in [5.74, 6) is 1.95. The molecular formula is C15H9Cl5N2OS3Sn. The minimum absolute atomic E-state index is 0.617. The van der Waals surface area contributed by atoms with Crippen molar-refractivity contribution >= 4 is 90.0 Å². The second kappa shape index (κ2) is 9.02. The Balaban J connectivity index is 0.000000307. The van der Waals surface area contributed by atoms with Crippen molar-refractivity contribution in [1.82, 2.24) is 9.97 Å². The van der Waals surface area contributed by atoms with Gasteiger partial charge in [0.05, 0.1) is 4.88 Å². The van der Waals surface area contributed by atoms with E-state index in [-0.39, 0.29) is 0 Å². The first-order valence-corrected chi connectivity index (χ1v) is 27.9. The molecule has 0 unspecified atom stereocenters. The molecule has 0 aliphatic rings. The molecule has 142 valence electrons. The van der Waals surface area contributed by atoms with Gasteiger partial charge in [0.15, 0.2) is 15.6 Å². The third-order valence-corrected chi connectivity index (χ3v) is 5.40. The van der Waals surface area contributed by atoms with Crippen LogP contribution in [0.4, 0.5) is 0 Å². The molecule has 4 aromatic heterocycles. The zero-order valence-corrected chi connectivity index (χ0v) is 22.2. The second-order valence-electron chi connectivity index (χ2n) is 4.91. The van der Waals surface area contributed by atoms with Crippen LogP contribution in [0.1, 0.15) is 0 Å². The summed E-state index contributed by atoms with van der Waals surface area (Å²) in [4.78, 5) is 12.2. The third-order valence-electron chi connectivity index (χ3n) is 2.81. The molecule has 4 heterocycles. The van der Waals surface area contributed by atoms with Gasteiger partial charge in [-0.05, 0) is 34.3 Å². The largest absolute Gasteiger partial charge is 0.474 e. The van der Waals surface area contributed by atoms with E-state index in [1.807, 2.05) is 52.5 Å². The van der Waals surface area contributed by atoms with Crippen LogP contribution in [0, 0.1) is 0 Å². The molecular weight excluding hydrogens is 616 g/mol. The Bertz CT molecular complexity index is 856. The van der Waals surface area contributed by atoms with Crippen LogP contribution in [0.25, 0.3) is 32.2 Å². The Labute approximate surface area is 187 Å². The number of hydrogen-bond acceptors (Lipinski definition) is 5. The topological polar surface area (TPSA) is 37.1 Å². The Hall–Kier alpha value is 0.359. The number of halogens is 5. The summed E-state index contributed by atoms with van der Waals surface area (Å²) in [6.07, 6.45) is 0. The van der Waals surface area contributed by atoms with E-state index in [1.54, 1.807) is 34.0 Å². The number of thiophene rings is 3. The first-order chi connectivity index (χ1) is 12.6. The molecule has 0 radical (unpaired) electrons. The summed E-state index contributed by atoms with van der Waals surface area (Å²) >= 11 is 0.449. The number of aromatic nitrogens is 2. The quantitative estimate of drug-likeness (QED) is 0.169. The molecule has 0 spiro atoms. The van der Waals surface area contributed by atoms with E-state index < -0.39 is 11.4 Å². The van der Waals surface area contributed by atoms with Gasteiger partial charge in [-0.2, -0.15) is 4.42 Å². The van der Waals surface area contributed by atoms with Crippen LogP contribution < -0.4 is 0 Å². The van der Waals surface area contributed by atoms with Gasteiger partial charge in [-0.1, -0.05) is 18.2 Å². The maximum absolute atomic E-state index is 5.91. The van der Waals surface area contributed by atoms with Crippen molar-refractivity contribution in [3.8, 4) is 32.2 Å². The maximum atomic E-state index is 5.91. The van der Waals surface area contributed by atoms with Crippen LogP contribution in [0.3, 0.4) is 0 Å². The molecule has 0 saturated heterocycles. The van der Waals surface area contributed by atoms with Gasteiger partial charge in [-0.3, -0.25) is 0 Å². The van der Waals surface area contributed by atoms with Crippen LogP contribution in [0.15, 0.2) is 57.0 Å². The molecule has 0 amide bonds. The van der Waals surface area contributed by atoms with Gasteiger partial charge in [0.2, 0.25) is 0 Å². The zero-order valence-electron chi connectivity index (χ0n) is 13.1. The molecule has 0 aliphatic heterocycles. The van der Waals surface area contributed by atoms with Crippen LogP contribution in [-0.4, -0.2) is 21.3 Å². The average Bonchev–Trinajstić information content (AvgIpc) is 3.35. The summed E-state index contributed by atoms with van der Waals surface area (Å²) in [5.41, 5.74) is 0. The van der Waals surface area contributed by atoms with Crippen molar-refractivity contribution in [2.24, 2.45) is 0 Å². The van der Waals surface area contributed by atoms with Gasteiger partial charge < -0.3 is 0 Å². The Kier molecular flexibility index (Phi) is 7.36. The summed E-state index contributed by atoms with van der Waals surface area (Å²) in [6.45, 7) is 0. The Morgan fingerprint density at radius 1 is 0.667 bits per heavy atom. The standard InChI is InChI=1S/C15H9N2OS3.5ClH.Sn/c1-4-10(19-7-1)13-16-14(11-5-2-8-20-11)18-15(17-13)12-6-3-9-21-12;;;;;;/h1-9H;5*1H;/q+1;;;;;;+4/p-5. The second-order valence-corrected chi connectivity index (χ2v) is 50.2. The minimum atomic E-state index is -4.40. The molecule has 3 nitrogen and oxygen atoms in total. The Morgan fingerprint density at radius 2 is 1.04 bits per heavy atom. The van der Waals surface area contributed by atoms with Crippen LogP contribution >= 0.6 is 78.6 Å². The molecule has 0 bridgehead atoms. The predicted molar refractivity (Wildman–Crippen MR) is 124 cm³/mol. The van der Waals surface area contributed by atoms with Crippen molar-refractivity contribution in [2.75, 3.05) is 0 Å². The van der Waals surface area contributed by atoms with Crippen molar-refractivity contribution in [3.63, 3.8) is 0 Å². The SMILES string of the molecule is [Cl][Sn-]([Cl])([Cl])([Cl])[Cl].c1csc(-c2nc(-c3cccs3)[o+]c(-c3cccs3)n2)c1. The van der Waals surface area contributed by atoms with Crippen LogP contribution in [0.2, 0.25) is 0 Å². The van der Waals surface area contributed by atoms with Crippen molar-refractivity contribution in [3.05, 3.63) is 52.5 Å². The monoisotopic (exact) mass is 624 g/mol. The van der Waals surface area contributed by atoms with Gasteiger partial charge in [-0.25, -0.2) is 0 Å². The van der Waals surface area contributed by atoms with E-state index in [1.165, 1.54) is 0 Å². The minimum Gasteiger partial charge on any atom is -0.164 e. The predicted octanol–water partition coefficient (Wildman–Crippen LogP) is 8.60. The van der Waals surface area contributed by atoms with Gasteiger partial charge >= 0.3 is 67.7 Å². The van der Waals surface area contributed by atoms with E-state index in [9.17, 15) is 0 Å². The summed E-state index contributed by atoms with van der Waals surface area (Å²) in [7, 11) is 25.3. The van der Waals surface area contributed by atoms with E-state index in [4.69, 9.17) is 49.0 Å². The molecule has 4 rings (SSSR count).